The van der Waals surface area contributed by atoms with Crippen LogP contribution in [0.5, 0.6) is 5.75 Å². The third-order valence-corrected chi connectivity index (χ3v) is 10.4. The van der Waals surface area contributed by atoms with Crippen molar-refractivity contribution in [3.63, 3.8) is 0 Å². The van der Waals surface area contributed by atoms with Crippen molar-refractivity contribution in [2.45, 2.75) is 44.3 Å². The molecule has 9 heteroatoms. The second-order valence-corrected chi connectivity index (χ2v) is 12.8. The zero-order chi connectivity index (χ0) is 27.3. The van der Waals surface area contributed by atoms with Crippen LogP contribution < -0.4 is 10.5 Å². The molecule has 0 radical (unpaired) electrons. The number of ether oxygens (including phenoxy) is 1. The number of hydrogen-bond acceptors (Lipinski definition) is 5. The van der Waals surface area contributed by atoms with Gasteiger partial charge in [0.2, 0.25) is 0 Å². The van der Waals surface area contributed by atoms with Crippen LogP contribution >= 0.6 is 11.3 Å². The molecule has 2 aliphatic carbocycles. The minimum atomic E-state index is 0.0277. The maximum absolute atomic E-state index is 13.7. The Bertz CT molecular complexity index is 1800. The molecule has 3 fully saturated rings. The molecular formula is C31H34N6O2S. The fourth-order valence-electron chi connectivity index (χ4n) is 7.19. The van der Waals surface area contributed by atoms with Crippen LogP contribution in [0.25, 0.3) is 44.0 Å². The summed E-state index contributed by atoms with van der Waals surface area (Å²) in [6.07, 6.45) is 6.75. The fourth-order valence-corrected chi connectivity index (χ4v) is 8.18. The Morgan fingerprint density at radius 2 is 1.98 bits per heavy atom. The van der Waals surface area contributed by atoms with Crippen LogP contribution in [0.3, 0.4) is 0 Å². The number of aryl methyl sites for hydroxylation is 2. The number of amides is 1. The van der Waals surface area contributed by atoms with E-state index in [1.54, 1.807) is 18.4 Å². The molecule has 5 heterocycles. The summed E-state index contributed by atoms with van der Waals surface area (Å²) >= 11 is 1.79. The molecule has 3 aliphatic rings. The first-order valence-corrected chi connectivity index (χ1v) is 15.1. The van der Waals surface area contributed by atoms with E-state index in [4.69, 9.17) is 15.5 Å². The van der Waals surface area contributed by atoms with E-state index < -0.39 is 0 Å². The van der Waals surface area contributed by atoms with Crippen molar-refractivity contribution in [3.8, 4) is 28.5 Å². The average molecular weight is 555 g/mol. The lowest BCUT2D eigenvalue weighted by molar-refractivity contribution is 0.0700. The van der Waals surface area contributed by atoms with Crippen LogP contribution in [0.2, 0.25) is 0 Å². The lowest BCUT2D eigenvalue weighted by atomic mass is 10.1. The van der Waals surface area contributed by atoms with Gasteiger partial charge in [-0.15, -0.1) is 11.3 Å². The van der Waals surface area contributed by atoms with E-state index in [-0.39, 0.29) is 18.0 Å². The summed E-state index contributed by atoms with van der Waals surface area (Å²) in [5.41, 5.74) is 13.6. The second-order valence-electron chi connectivity index (χ2n) is 11.9. The number of methoxy groups -OCH3 is 1. The zero-order valence-electron chi connectivity index (χ0n) is 23.1. The van der Waals surface area contributed by atoms with Gasteiger partial charge in [-0.05, 0) is 67.9 Å². The normalized spacial score (nSPS) is 22.3. The number of rotatable bonds is 6. The summed E-state index contributed by atoms with van der Waals surface area (Å²) in [6, 6.07) is 10.6. The number of likely N-dealkylation sites (tertiary alicyclic amines) is 1. The largest absolute Gasteiger partial charge is 0.494 e. The number of piperidine rings is 1. The maximum atomic E-state index is 13.7. The maximum Gasteiger partial charge on any atom is 0.254 e. The van der Waals surface area contributed by atoms with Crippen LogP contribution in [0.15, 0.2) is 41.9 Å². The molecule has 1 amide bonds. The summed E-state index contributed by atoms with van der Waals surface area (Å²) in [7, 11) is 5.82. The van der Waals surface area contributed by atoms with Gasteiger partial charge in [-0.25, -0.2) is 4.98 Å². The summed E-state index contributed by atoms with van der Waals surface area (Å²) in [4.78, 5) is 20.8. The molecule has 8 nitrogen and oxygen atoms in total. The Morgan fingerprint density at radius 1 is 1.12 bits per heavy atom. The number of thiophene rings is 1. The number of fused-ring (bicyclic) bond motifs is 4. The number of carbonyl (C=O) groups excluding carboxylic acids is 1. The number of imidazole rings is 1. The first-order valence-electron chi connectivity index (χ1n) is 14.3. The summed E-state index contributed by atoms with van der Waals surface area (Å²) in [6.45, 7) is 1.72. The van der Waals surface area contributed by atoms with Gasteiger partial charge in [-0.2, -0.15) is 0 Å². The van der Waals surface area contributed by atoms with Crippen molar-refractivity contribution >= 4 is 38.5 Å². The summed E-state index contributed by atoms with van der Waals surface area (Å²) in [5, 5.41) is 2.28. The van der Waals surface area contributed by atoms with Gasteiger partial charge in [-0.1, -0.05) is 0 Å². The topological polar surface area (TPSA) is 83.2 Å². The van der Waals surface area contributed by atoms with Crippen LogP contribution in [0, 0.1) is 11.8 Å². The molecule has 8 rings (SSSR count). The summed E-state index contributed by atoms with van der Waals surface area (Å²) in [5.74, 6) is 2.70. The molecule has 2 saturated carbocycles. The van der Waals surface area contributed by atoms with Gasteiger partial charge in [-0.3, -0.25) is 4.79 Å². The SMILES string of the molecule is COc1cc(C(=O)N2C[C@H]3CC[C@@H]2[C@@H]3N)cc2nc(-c3cc4scc(-c5cccn5C)c4n3CC3CC3)n(C)c12. The molecule has 0 spiro atoms. The van der Waals surface area contributed by atoms with E-state index >= 15 is 0 Å². The predicted octanol–water partition coefficient (Wildman–Crippen LogP) is 5.24. The molecule has 206 valence electrons. The Labute approximate surface area is 236 Å². The van der Waals surface area contributed by atoms with Gasteiger partial charge >= 0.3 is 0 Å². The quantitative estimate of drug-likeness (QED) is 0.311. The number of benzene rings is 1. The predicted molar refractivity (Wildman–Crippen MR) is 159 cm³/mol. The highest BCUT2D eigenvalue weighted by Gasteiger charge is 2.47. The molecule has 3 atom stereocenters. The Morgan fingerprint density at radius 3 is 2.65 bits per heavy atom. The molecule has 0 unspecified atom stereocenters. The van der Waals surface area contributed by atoms with E-state index in [1.165, 1.54) is 34.3 Å². The number of carbonyl (C=O) groups is 1. The van der Waals surface area contributed by atoms with E-state index in [2.05, 4.69) is 50.5 Å². The Hall–Kier alpha value is -3.56. The van der Waals surface area contributed by atoms with Crippen molar-refractivity contribution in [3.05, 3.63) is 47.5 Å². The van der Waals surface area contributed by atoms with Crippen LogP contribution in [-0.4, -0.2) is 55.2 Å². The molecule has 5 aromatic rings. The number of nitrogens with zero attached hydrogens (tertiary/aromatic N) is 5. The monoisotopic (exact) mass is 554 g/mol. The van der Waals surface area contributed by atoms with E-state index in [0.29, 0.717) is 23.1 Å². The van der Waals surface area contributed by atoms with Crippen molar-refractivity contribution in [2.75, 3.05) is 13.7 Å². The third kappa shape index (κ3) is 3.46. The van der Waals surface area contributed by atoms with Gasteiger partial charge in [0.25, 0.3) is 5.91 Å². The van der Waals surface area contributed by atoms with E-state index in [9.17, 15) is 4.79 Å². The lowest BCUT2D eigenvalue weighted by Gasteiger charge is -2.27. The molecule has 1 aliphatic heterocycles. The highest BCUT2D eigenvalue weighted by molar-refractivity contribution is 7.17. The number of hydrogen-bond donors (Lipinski definition) is 1. The Balaban J connectivity index is 1.27. The number of nitrogens with two attached hydrogens (primary N) is 1. The smallest absolute Gasteiger partial charge is 0.254 e. The molecule has 1 aromatic carbocycles. The standard InChI is InChI=1S/C31H34N6O2S/c1-34-10-4-5-22(34)20-16-40-26-13-24(36(28(20)26)14-17-6-7-17)30-33-21-11-19(12-25(39-3)29(21)35(30)2)31(38)37-15-18-8-9-23(37)27(18)32/h4-5,10-13,16-18,23,27H,6-9,14-15,32H2,1-3H3/t18-,23-,27-/m1/s1. The Kier molecular flexibility index (Phi) is 5.29. The highest BCUT2D eigenvalue weighted by Crippen LogP contribution is 2.43. The fraction of sp³-hybridized carbons (Fsp3) is 0.419. The zero-order valence-corrected chi connectivity index (χ0v) is 23.9. The molecule has 1 saturated heterocycles. The molecule has 2 bridgehead atoms. The minimum absolute atomic E-state index is 0.0277. The summed E-state index contributed by atoms with van der Waals surface area (Å²) < 4.78 is 13.9. The van der Waals surface area contributed by atoms with Crippen molar-refractivity contribution in [1.29, 1.82) is 0 Å². The second kappa shape index (κ2) is 8.72. The first kappa shape index (κ1) is 24.3. The van der Waals surface area contributed by atoms with Crippen LogP contribution in [0.4, 0.5) is 0 Å². The van der Waals surface area contributed by atoms with Crippen molar-refractivity contribution in [2.24, 2.45) is 31.7 Å². The molecule has 2 N–H and O–H groups in total. The lowest BCUT2D eigenvalue weighted by Crippen LogP contribution is -2.41. The van der Waals surface area contributed by atoms with Crippen molar-refractivity contribution < 1.29 is 9.53 Å². The molecule has 40 heavy (non-hydrogen) atoms. The van der Waals surface area contributed by atoms with Gasteiger partial charge < -0.3 is 29.1 Å². The van der Waals surface area contributed by atoms with Crippen LogP contribution in [0.1, 0.15) is 36.0 Å². The van der Waals surface area contributed by atoms with Gasteiger partial charge in [0.15, 0.2) is 5.82 Å². The first-order chi connectivity index (χ1) is 19.4. The van der Waals surface area contributed by atoms with E-state index in [0.717, 1.165) is 48.5 Å². The van der Waals surface area contributed by atoms with Gasteiger partial charge in [0.1, 0.15) is 11.3 Å². The number of aromatic nitrogens is 4. The molecular weight excluding hydrogens is 520 g/mol. The minimum Gasteiger partial charge on any atom is -0.494 e. The van der Waals surface area contributed by atoms with E-state index in [1.807, 2.05) is 24.1 Å². The van der Waals surface area contributed by atoms with Gasteiger partial charge in [0, 0.05) is 62.0 Å². The average Bonchev–Trinajstić information content (AvgIpc) is 3.39. The highest BCUT2D eigenvalue weighted by atomic mass is 32.1. The van der Waals surface area contributed by atoms with Gasteiger partial charge in [0.05, 0.1) is 34.2 Å². The van der Waals surface area contributed by atoms with Crippen LogP contribution in [-0.2, 0) is 20.6 Å². The third-order valence-electron chi connectivity index (χ3n) is 9.52. The van der Waals surface area contributed by atoms with Crippen molar-refractivity contribution in [1.82, 2.24) is 23.6 Å². The molecule has 4 aromatic heterocycles.